The van der Waals surface area contributed by atoms with E-state index in [4.69, 9.17) is 9.47 Å². The van der Waals surface area contributed by atoms with Gasteiger partial charge in [0.25, 0.3) is 5.91 Å². The molecular formula is C24H24N4O3. The number of carbonyl (C=O) groups is 1. The van der Waals surface area contributed by atoms with Crippen molar-refractivity contribution in [2.75, 3.05) is 14.2 Å². The summed E-state index contributed by atoms with van der Waals surface area (Å²) < 4.78 is 12.4. The minimum absolute atomic E-state index is 0.263. The molecule has 0 aliphatic heterocycles. The lowest BCUT2D eigenvalue weighted by Gasteiger charge is -2.18. The number of aryl methyl sites for hydroxylation is 1. The summed E-state index contributed by atoms with van der Waals surface area (Å²) >= 11 is 0. The van der Waals surface area contributed by atoms with Crippen molar-refractivity contribution >= 4 is 11.6 Å². The molecule has 0 saturated carbocycles. The van der Waals surface area contributed by atoms with Gasteiger partial charge in [-0.1, -0.05) is 29.8 Å². The molecule has 4 aromatic rings. The van der Waals surface area contributed by atoms with Gasteiger partial charge >= 0.3 is 0 Å². The van der Waals surface area contributed by atoms with E-state index >= 15 is 0 Å². The molecule has 0 fully saturated rings. The minimum atomic E-state index is -0.312. The molecule has 7 nitrogen and oxygen atoms in total. The summed E-state index contributed by atoms with van der Waals surface area (Å²) in [6.45, 7) is 3.94. The summed E-state index contributed by atoms with van der Waals surface area (Å²) in [6.07, 6.45) is 3.24. The number of nitrogens with one attached hydrogen (secondary N) is 1. The number of fused-ring (bicyclic) bond motifs is 1. The number of aromatic nitrogens is 3. The van der Waals surface area contributed by atoms with E-state index in [9.17, 15) is 4.79 Å². The highest BCUT2D eigenvalue weighted by Gasteiger charge is 2.20. The van der Waals surface area contributed by atoms with E-state index in [1.807, 2.05) is 62.4 Å². The Bertz CT molecular complexity index is 1230. The van der Waals surface area contributed by atoms with E-state index in [2.05, 4.69) is 15.4 Å². The van der Waals surface area contributed by atoms with Crippen LogP contribution in [0.3, 0.4) is 0 Å². The molecule has 1 unspecified atom stereocenters. The van der Waals surface area contributed by atoms with Crippen LogP contribution in [-0.2, 0) is 0 Å². The van der Waals surface area contributed by atoms with Crippen LogP contribution in [0.4, 0.5) is 0 Å². The molecule has 0 aliphatic rings. The molecule has 31 heavy (non-hydrogen) atoms. The standard InChI is InChI=1S/C24H24N4O3/c1-15-5-7-17(8-6-15)21-11-12-25-23-20(14-26-28(21)23)24(29)27-16(2)19-13-18(30-3)9-10-22(19)31-4/h5-14,16H,1-4H3,(H,27,29). The number of nitrogens with zero attached hydrogens (tertiary/aromatic N) is 3. The van der Waals surface area contributed by atoms with Crippen LogP contribution in [0.15, 0.2) is 60.9 Å². The average Bonchev–Trinajstić information content (AvgIpc) is 3.23. The molecular weight excluding hydrogens is 392 g/mol. The smallest absolute Gasteiger partial charge is 0.257 e. The second-order valence-corrected chi connectivity index (χ2v) is 7.29. The summed E-state index contributed by atoms with van der Waals surface area (Å²) in [5, 5.41) is 7.44. The lowest BCUT2D eigenvalue weighted by molar-refractivity contribution is 0.0941. The fourth-order valence-electron chi connectivity index (χ4n) is 3.52. The summed E-state index contributed by atoms with van der Waals surface area (Å²) in [5.41, 5.74) is 4.77. The van der Waals surface area contributed by atoms with Crippen molar-refractivity contribution in [3.05, 3.63) is 77.6 Å². The van der Waals surface area contributed by atoms with Crippen LogP contribution in [0.5, 0.6) is 11.5 Å². The zero-order valence-electron chi connectivity index (χ0n) is 17.9. The normalized spacial score (nSPS) is 11.9. The van der Waals surface area contributed by atoms with Gasteiger partial charge in [-0.15, -0.1) is 0 Å². The number of carbonyl (C=O) groups excluding carboxylic acids is 1. The average molecular weight is 416 g/mol. The van der Waals surface area contributed by atoms with E-state index in [1.165, 1.54) is 5.56 Å². The van der Waals surface area contributed by atoms with Crippen LogP contribution in [0, 0.1) is 6.92 Å². The second kappa shape index (κ2) is 8.47. The van der Waals surface area contributed by atoms with Gasteiger partial charge in [0.2, 0.25) is 0 Å². The summed E-state index contributed by atoms with van der Waals surface area (Å²) in [6, 6.07) is 15.2. The Balaban J connectivity index is 1.65. The molecule has 0 bridgehead atoms. The van der Waals surface area contributed by atoms with E-state index < -0.39 is 0 Å². The van der Waals surface area contributed by atoms with Crippen LogP contribution in [0.1, 0.15) is 34.5 Å². The van der Waals surface area contributed by atoms with Crippen molar-refractivity contribution in [2.45, 2.75) is 19.9 Å². The van der Waals surface area contributed by atoms with Crippen LogP contribution in [0.2, 0.25) is 0 Å². The highest BCUT2D eigenvalue weighted by atomic mass is 16.5. The highest BCUT2D eigenvalue weighted by molar-refractivity contribution is 6.00. The van der Waals surface area contributed by atoms with Crippen molar-refractivity contribution in [2.24, 2.45) is 0 Å². The predicted octanol–water partition coefficient (Wildman–Crippen LogP) is 4.21. The second-order valence-electron chi connectivity index (χ2n) is 7.29. The van der Waals surface area contributed by atoms with Gasteiger partial charge in [-0.05, 0) is 38.1 Å². The first-order valence-corrected chi connectivity index (χ1v) is 9.94. The highest BCUT2D eigenvalue weighted by Crippen LogP contribution is 2.29. The van der Waals surface area contributed by atoms with Gasteiger partial charge in [-0.25, -0.2) is 9.50 Å². The number of methoxy groups -OCH3 is 2. The fraction of sp³-hybridized carbons (Fsp3) is 0.208. The third-order valence-electron chi connectivity index (χ3n) is 5.24. The number of amides is 1. The Morgan fingerprint density at radius 1 is 1.06 bits per heavy atom. The topological polar surface area (TPSA) is 77.8 Å². The third-order valence-corrected chi connectivity index (χ3v) is 5.24. The van der Waals surface area contributed by atoms with E-state index in [-0.39, 0.29) is 11.9 Å². The lowest BCUT2D eigenvalue weighted by Crippen LogP contribution is -2.27. The summed E-state index contributed by atoms with van der Waals surface area (Å²) in [7, 11) is 3.20. The SMILES string of the molecule is COc1ccc(OC)c(C(C)NC(=O)c2cnn3c(-c4ccc(C)cc4)ccnc23)c1. The van der Waals surface area contributed by atoms with Crippen LogP contribution >= 0.6 is 0 Å². The van der Waals surface area contributed by atoms with E-state index in [0.717, 1.165) is 16.8 Å². The lowest BCUT2D eigenvalue weighted by atomic mass is 10.1. The van der Waals surface area contributed by atoms with E-state index in [1.54, 1.807) is 31.1 Å². The maximum Gasteiger partial charge on any atom is 0.257 e. The molecule has 0 saturated heterocycles. The quantitative estimate of drug-likeness (QED) is 0.509. The Morgan fingerprint density at radius 2 is 1.84 bits per heavy atom. The van der Waals surface area contributed by atoms with Crippen molar-refractivity contribution in [3.8, 4) is 22.8 Å². The molecule has 2 aromatic carbocycles. The fourth-order valence-corrected chi connectivity index (χ4v) is 3.52. The Kier molecular flexibility index (Phi) is 5.58. The number of hydrogen-bond acceptors (Lipinski definition) is 5. The molecule has 1 amide bonds. The van der Waals surface area contributed by atoms with Gasteiger partial charge in [0.05, 0.1) is 32.2 Å². The van der Waals surface area contributed by atoms with Crippen molar-refractivity contribution in [1.82, 2.24) is 19.9 Å². The molecule has 2 aromatic heterocycles. The molecule has 0 radical (unpaired) electrons. The molecule has 7 heteroatoms. The molecule has 0 spiro atoms. The first kappa shape index (κ1) is 20.4. The molecule has 4 rings (SSSR count). The first-order chi connectivity index (χ1) is 15.0. The van der Waals surface area contributed by atoms with Gasteiger partial charge in [-0.2, -0.15) is 5.10 Å². The number of rotatable bonds is 6. The van der Waals surface area contributed by atoms with Gasteiger partial charge in [-0.3, -0.25) is 4.79 Å². The summed E-state index contributed by atoms with van der Waals surface area (Å²) in [4.78, 5) is 17.5. The van der Waals surface area contributed by atoms with E-state index in [0.29, 0.717) is 22.7 Å². The summed E-state index contributed by atoms with van der Waals surface area (Å²) in [5.74, 6) is 1.10. The zero-order chi connectivity index (χ0) is 22.0. The van der Waals surface area contributed by atoms with Crippen molar-refractivity contribution in [1.29, 1.82) is 0 Å². The number of hydrogen-bond donors (Lipinski definition) is 1. The van der Waals surface area contributed by atoms with Crippen LogP contribution < -0.4 is 14.8 Å². The van der Waals surface area contributed by atoms with Gasteiger partial charge in [0, 0.05) is 17.3 Å². The molecule has 0 aliphatic carbocycles. The largest absolute Gasteiger partial charge is 0.497 e. The maximum atomic E-state index is 13.1. The van der Waals surface area contributed by atoms with Crippen molar-refractivity contribution in [3.63, 3.8) is 0 Å². The molecule has 2 heterocycles. The van der Waals surface area contributed by atoms with Gasteiger partial charge < -0.3 is 14.8 Å². The Hall–Kier alpha value is -3.87. The molecule has 1 N–H and O–H groups in total. The number of ether oxygens (including phenoxy) is 2. The zero-order valence-corrected chi connectivity index (χ0v) is 17.9. The first-order valence-electron chi connectivity index (χ1n) is 9.94. The van der Waals surface area contributed by atoms with Crippen LogP contribution in [0.25, 0.3) is 16.9 Å². The maximum absolute atomic E-state index is 13.1. The predicted molar refractivity (Wildman–Crippen MR) is 119 cm³/mol. The number of benzene rings is 2. The Labute approximate surface area is 180 Å². The third kappa shape index (κ3) is 3.94. The molecule has 1 atom stereocenters. The van der Waals surface area contributed by atoms with Gasteiger partial charge in [0.1, 0.15) is 17.1 Å². The minimum Gasteiger partial charge on any atom is -0.497 e. The van der Waals surface area contributed by atoms with Crippen molar-refractivity contribution < 1.29 is 14.3 Å². The van der Waals surface area contributed by atoms with Crippen LogP contribution in [-0.4, -0.2) is 34.7 Å². The van der Waals surface area contributed by atoms with Gasteiger partial charge in [0.15, 0.2) is 5.65 Å². The Morgan fingerprint density at radius 3 is 2.55 bits per heavy atom. The molecule has 158 valence electrons. The monoisotopic (exact) mass is 416 g/mol.